The molecule has 1 saturated heterocycles. The fourth-order valence-electron chi connectivity index (χ4n) is 3.61. The third kappa shape index (κ3) is 4.93. The van der Waals surface area contributed by atoms with Crippen LogP contribution >= 0.6 is 0 Å². The van der Waals surface area contributed by atoms with Crippen molar-refractivity contribution in [3.8, 4) is 11.5 Å². The first-order valence-corrected chi connectivity index (χ1v) is 13.5. The summed E-state index contributed by atoms with van der Waals surface area (Å²) in [6.07, 6.45) is 0. The molecule has 10 heteroatoms. The summed E-state index contributed by atoms with van der Waals surface area (Å²) >= 11 is 0. The van der Waals surface area contributed by atoms with Crippen molar-refractivity contribution in [2.45, 2.75) is 37.5 Å². The van der Waals surface area contributed by atoms with Gasteiger partial charge in [0.15, 0.2) is 0 Å². The van der Waals surface area contributed by atoms with Crippen molar-refractivity contribution in [2.24, 2.45) is 0 Å². The van der Waals surface area contributed by atoms with Crippen LogP contribution < -0.4 is 9.47 Å². The monoisotopic (exact) mass is 482 g/mol. The first kappa shape index (κ1) is 24.5. The summed E-state index contributed by atoms with van der Waals surface area (Å²) in [5, 5.41) is 0. The van der Waals surface area contributed by atoms with E-state index in [-0.39, 0.29) is 36.0 Å². The minimum atomic E-state index is -3.83. The van der Waals surface area contributed by atoms with Crippen LogP contribution in [0.1, 0.15) is 25.0 Å². The van der Waals surface area contributed by atoms with Crippen LogP contribution in [-0.2, 0) is 20.0 Å². The van der Waals surface area contributed by atoms with Gasteiger partial charge in [-0.1, -0.05) is 12.1 Å². The Hall–Kier alpha value is -2.14. The van der Waals surface area contributed by atoms with E-state index in [1.807, 2.05) is 13.8 Å². The van der Waals surface area contributed by atoms with E-state index in [9.17, 15) is 16.8 Å². The average Bonchev–Trinajstić information content (AvgIpc) is 2.76. The number of hydrogen-bond donors (Lipinski definition) is 0. The predicted molar refractivity (Wildman–Crippen MR) is 122 cm³/mol. The number of hydrogen-bond acceptors (Lipinski definition) is 6. The summed E-state index contributed by atoms with van der Waals surface area (Å²) < 4.78 is 66.9. The first-order valence-electron chi connectivity index (χ1n) is 10.6. The fraction of sp³-hybridized carbons (Fsp3) is 0.455. The van der Waals surface area contributed by atoms with Crippen LogP contribution in [0.15, 0.2) is 46.2 Å². The molecule has 1 fully saturated rings. The Balaban J connectivity index is 1.84. The van der Waals surface area contributed by atoms with Gasteiger partial charge in [-0.15, -0.1) is 0 Å². The number of sulfonamides is 2. The van der Waals surface area contributed by atoms with Crippen LogP contribution in [0.3, 0.4) is 0 Å². The standard InChI is InChI=1S/C22H30N2O6S2/c1-5-29-19-9-7-17(3)15-21(19)31(25,26)23-11-13-24(14-12-23)32(27,28)22-16-18(4)8-10-20(22)30-6-2/h7-10,15-16H,5-6,11-14H2,1-4H3. The topological polar surface area (TPSA) is 93.2 Å². The number of ether oxygens (including phenoxy) is 2. The minimum Gasteiger partial charge on any atom is -0.492 e. The zero-order valence-corrected chi connectivity index (χ0v) is 20.5. The third-order valence-electron chi connectivity index (χ3n) is 5.23. The summed E-state index contributed by atoms with van der Waals surface area (Å²) in [5.74, 6) is 0.600. The number of benzene rings is 2. The van der Waals surface area contributed by atoms with Crippen molar-refractivity contribution in [1.29, 1.82) is 0 Å². The lowest BCUT2D eigenvalue weighted by atomic mass is 10.2. The molecule has 1 aliphatic rings. The van der Waals surface area contributed by atoms with Gasteiger partial charge in [-0.25, -0.2) is 16.8 Å². The molecule has 0 radical (unpaired) electrons. The highest BCUT2D eigenvalue weighted by atomic mass is 32.2. The lowest BCUT2D eigenvalue weighted by molar-refractivity contribution is 0.269. The Morgan fingerprint density at radius 1 is 0.688 bits per heavy atom. The molecule has 0 atom stereocenters. The smallest absolute Gasteiger partial charge is 0.246 e. The van der Waals surface area contributed by atoms with Crippen molar-refractivity contribution >= 4 is 20.0 Å². The molecule has 0 unspecified atom stereocenters. The first-order chi connectivity index (χ1) is 15.1. The SMILES string of the molecule is CCOc1ccc(C)cc1S(=O)(=O)N1CCN(S(=O)(=O)c2cc(C)ccc2OCC)CC1. The molecule has 0 aliphatic carbocycles. The van der Waals surface area contributed by atoms with E-state index in [0.29, 0.717) is 24.7 Å². The van der Waals surface area contributed by atoms with Crippen LogP contribution in [0, 0.1) is 13.8 Å². The van der Waals surface area contributed by atoms with E-state index in [1.165, 1.54) is 8.61 Å². The van der Waals surface area contributed by atoms with Crippen molar-refractivity contribution in [3.63, 3.8) is 0 Å². The largest absolute Gasteiger partial charge is 0.492 e. The zero-order chi connectivity index (χ0) is 23.5. The van der Waals surface area contributed by atoms with E-state index in [1.54, 1.807) is 50.2 Å². The molecule has 8 nitrogen and oxygen atoms in total. The van der Waals surface area contributed by atoms with E-state index >= 15 is 0 Å². The Bertz CT molecular complexity index is 1080. The second kappa shape index (κ2) is 9.78. The number of nitrogens with zero attached hydrogens (tertiary/aromatic N) is 2. The maximum Gasteiger partial charge on any atom is 0.246 e. The van der Waals surface area contributed by atoms with Gasteiger partial charge < -0.3 is 9.47 Å². The summed E-state index contributed by atoms with van der Waals surface area (Å²) in [6, 6.07) is 10.1. The summed E-state index contributed by atoms with van der Waals surface area (Å²) in [4.78, 5) is 0.209. The molecular formula is C22H30N2O6S2. The summed E-state index contributed by atoms with van der Waals surface area (Å²) in [6.45, 7) is 8.12. The Labute approximate surface area is 190 Å². The lowest BCUT2D eigenvalue weighted by Crippen LogP contribution is -2.50. The molecule has 0 bridgehead atoms. The van der Waals surface area contributed by atoms with Gasteiger partial charge in [0.25, 0.3) is 0 Å². The fourth-order valence-corrected chi connectivity index (χ4v) is 6.89. The van der Waals surface area contributed by atoms with Crippen LogP contribution in [0.4, 0.5) is 0 Å². The van der Waals surface area contributed by atoms with E-state index in [0.717, 1.165) is 11.1 Å². The van der Waals surface area contributed by atoms with Gasteiger partial charge in [0.1, 0.15) is 21.3 Å². The molecule has 1 aliphatic heterocycles. The lowest BCUT2D eigenvalue weighted by Gasteiger charge is -2.33. The maximum atomic E-state index is 13.3. The maximum absolute atomic E-state index is 13.3. The Morgan fingerprint density at radius 2 is 1.03 bits per heavy atom. The molecule has 2 aromatic rings. The third-order valence-corrected chi connectivity index (χ3v) is 9.07. The van der Waals surface area contributed by atoms with Crippen LogP contribution in [0.2, 0.25) is 0 Å². The molecule has 2 aromatic carbocycles. The van der Waals surface area contributed by atoms with Crippen LogP contribution in [-0.4, -0.2) is 64.8 Å². The second-order valence-corrected chi connectivity index (χ2v) is 11.4. The molecule has 0 spiro atoms. The van der Waals surface area contributed by atoms with E-state index in [4.69, 9.17) is 9.47 Å². The van der Waals surface area contributed by atoms with Gasteiger partial charge >= 0.3 is 0 Å². The summed E-state index contributed by atoms with van der Waals surface area (Å²) in [5.41, 5.74) is 1.60. The molecule has 1 heterocycles. The quantitative estimate of drug-likeness (QED) is 0.574. The molecule has 0 saturated carbocycles. The van der Waals surface area contributed by atoms with E-state index in [2.05, 4.69) is 0 Å². The minimum absolute atomic E-state index is 0.0524. The normalized spacial score (nSPS) is 16.1. The number of piperazine rings is 1. The molecule has 3 rings (SSSR count). The van der Waals surface area contributed by atoms with Crippen molar-refractivity contribution in [3.05, 3.63) is 47.5 Å². The van der Waals surface area contributed by atoms with Gasteiger partial charge in [-0.05, 0) is 63.1 Å². The highest BCUT2D eigenvalue weighted by Crippen LogP contribution is 2.31. The molecule has 32 heavy (non-hydrogen) atoms. The van der Waals surface area contributed by atoms with Crippen LogP contribution in [0.5, 0.6) is 11.5 Å². The van der Waals surface area contributed by atoms with Crippen molar-refractivity contribution < 1.29 is 26.3 Å². The number of rotatable bonds is 8. The molecular weight excluding hydrogens is 452 g/mol. The van der Waals surface area contributed by atoms with E-state index < -0.39 is 20.0 Å². The Morgan fingerprint density at radius 3 is 1.34 bits per heavy atom. The van der Waals surface area contributed by atoms with Crippen molar-refractivity contribution in [1.82, 2.24) is 8.61 Å². The molecule has 0 N–H and O–H groups in total. The van der Waals surface area contributed by atoms with Gasteiger partial charge in [-0.2, -0.15) is 8.61 Å². The molecule has 0 aromatic heterocycles. The predicted octanol–water partition coefficient (Wildman–Crippen LogP) is 2.80. The van der Waals surface area contributed by atoms with Gasteiger partial charge in [0, 0.05) is 26.2 Å². The van der Waals surface area contributed by atoms with Gasteiger partial charge in [0.05, 0.1) is 13.2 Å². The van der Waals surface area contributed by atoms with Crippen LogP contribution in [0.25, 0.3) is 0 Å². The zero-order valence-electron chi connectivity index (χ0n) is 18.9. The highest BCUT2D eigenvalue weighted by Gasteiger charge is 2.36. The van der Waals surface area contributed by atoms with Crippen molar-refractivity contribution in [2.75, 3.05) is 39.4 Å². The number of aryl methyl sites for hydroxylation is 2. The Kier molecular flexibility index (Phi) is 7.49. The molecule has 0 amide bonds. The average molecular weight is 483 g/mol. The van der Waals surface area contributed by atoms with Gasteiger partial charge in [-0.3, -0.25) is 0 Å². The second-order valence-electron chi connectivity index (χ2n) is 7.57. The highest BCUT2D eigenvalue weighted by molar-refractivity contribution is 7.89. The molecule has 176 valence electrons. The summed E-state index contributed by atoms with van der Waals surface area (Å²) in [7, 11) is -7.66. The van der Waals surface area contributed by atoms with Gasteiger partial charge in [0.2, 0.25) is 20.0 Å².